The lowest BCUT2D eigenvalue weighted by molar-refractivity contribution is 0.414. The Kier molecular flexibility index (Phi) is 3.92. The highest BCUT2D eigenvalue weighted by Gasteiger charge is 2.09. The number of halogens is 2. The van der Waals surface area contributed by atoms with Crippen LogP contribution in [0.1, 0.15) is 0 Å². The van der Waals surface area contributed by atoms with Gasteiger partial charge in [-0.25, -0.2) is 0 Å². The van der Waals surface area contributed by atoms with E-state index in [0.29, 0.717) is 4.47 Å². The van der Waals surface area contributed by atoms with E-state index in [-0.39, 0.29) is 5.56 Å². The third-order valence-electron chi connectivity index (χ3n) is 2.71. The number of pyridine rings is 1. The molecule has 0 amide bonds. The van der Waals surface area contributed by atoms with Gasteiger partial charge in [0.2, 0.25) is 0 Å². The summed E-state index contributed by atoms with van der Waals surface area (Å²) in [5.41, 5.74) is 1.73. The van der Waals surface area contributed by atoms with E-state index in [1.807, 2.05) is 24.3 Å². The molecule has 0 bridgehead atoms. The molecule has 18 heavy (non-hydrogen) atoms. The Bertz CT molecular complexity index is 650. The average Bonchev–Trinajstić information content (AvgIpc) is 2.37. The van der Waals surface area contributed by atoms with Gasteiger partial charge in [0.15, 0.2) is 0 Å². The summed E-state index contributed by atoms with van der Waals surface area (Å²) in [6, 6.07) is 9.33. The van der Waals surface area contributed by atoms with Crippen molar-refractivity contribution >= 4 is 31.9 Å². The monoisotopic (exact) mass is 371 g/mol. The maximum Gasteiger partial charge on any atom is 0.265 e. The molecule has 0 atom stereocenters. The molecule has 5 heteroatoms. The van der Waals surface area contributed by atoms with Crippen LogP contribution < -0.4 is 10.3 Å². The summed E-state index contributed by atoms with van der Waals surface area (Å²) in [6.45, 7) is 0. The van der Waals surface area contributed by atoms with Gasteiger partial charge in [-0.3, -0.25) is 4.79 Å². The van der Waals surface area contributed by atoms with Crippen LogP contribution in [0.3, 0.4) is 0 Å². The number of hydrogen-bond acceptors (Lipinski definition) is 2. The van der Waals surface area contributed by atoms with Gasteiger partial charge in [0.1, 0.15) is 5.75 Å². The van der Waals surface area contributed by atoms with Crippen molar-refractivity contribution in [3.8, 4) is 17.0 Å². The Morgan fingerprint density at radius 2 is 1.83 bits per heavy atom. The van der Waals surface area contributed by atoms with Crippen LogP contribution in [-0.4, -0.2) is 11.7 Å². The van der Waals surface area contributed by atoms with Crippen LogP contribution in [-0.2, 0) is 7.05 Å². The first-order valence-corrected chi connectivity index (χ1v) is 6.82. The summed E-state index contributed by atoms with van der Waals surface area (Å²) < 4.78 is 8.20. The van der Waals surface area contributed by atoms with Crippen molar-refractivity contribution in [1.82, 2.24) is 4.57 Å². The van der Waals surface area contributed by atoms with Gasteiger partial charge < -0.3 is 9.30 Å². The molecule has 0 radical (unpaired) electrons. The van der Waals surface area contributed by atoms with Crippen LogP contribution in [0.4, 0.5) is 0 Å². The third kappa shape index (κ3) is 2.37. The Labute approximate surface area is 122 Å². The molecule has 0 N–H and O–H groups in total. The zero-order chi connectivity index (χ0) is 13.3. The van der Waals surface area contributed by atoms with E-state index in [9.17, 15) is 4.79 Å². The first-order valence-electron chi connectivity index (χ1n) is 5.24. The lowest BCUT2D eigenvalue weighted by Gasteiger charge is -2.11. The quantitative estimate of drug-likeness (QED) is 0.806. The topological polar surface area (TPSA) is 31.2 Å². The first-order chi connectivity index (χ1) is 8.54. The number of ether oxygens (including phenoxy) is 1. The number of rotatable bonds is 2. The predicted molar refractivity (Wildman–Crippen MR) is 79.1 cm³/mol. The maximum absolute atomic E-state index is 11.9. The molecule has 3 nitrogen and oxygen atoms in total. The maximum atomic E-state index is 11.9. The van der Waals surface area contributed by atoms with Gasteiger partial charge in [-0.2, -0.15) is 0 Å². The van der Waals surface area contributed by atoms with Crippen LogP contribution in [0.15, 0.2) is 44.1 Å². The van der Waals surface area contributed by atoms with Gasteiger partial charge in [-0.1, -0.05) is 0 Å². The Morgan fingerprint density at radius 3 is 2.44 bits per heavy atom. The predicted octanol–water partition coefficient (Wildman–Crippen LogP) is 3.59. The number of nitrogens with zero attached hydrogens (tertiary/aromatic N) is 1. The molecule has 0 aliphatic rings. The highest BCUT2D eigenvalue weighted by molar-refractivity contribution is 9.10. The number of aromatic nitrogens is 1. The van der Waals surface area contributed by atoms with Crippen molar-refractivity contribution in [2.75, 3.05) is 7.11 Å². The molecular weight excluding hydrogens is 362 g/mol. The lowest BCUT2D eigenvalue weighted by atomic mass is 10.1. The fourth-order valence-electron chi connectivity index (χ4n) is 1.71. The Balaban J connectivity index is 2.63. The van der Waals surface area contributed by atoms with Crippen LogP contribution in [0.2, 0.25) is 0 Å². The van der Waals surface area contributed by atoms with E-state index in [4.69, 9.17) is 4.74 Å². The molecule has 0 spiro atoms. The molecule has 0 aliphatic heterocycles. The number of methoxy groups -OCH3 is 1. The highest BCUT2D eigenvalue weighted by atomic mass is 79.9. The second-order valence-electron chi connectivity index (χ2n) is 3.78. The molecular formula is C13H11Br2NO2. The van der Waals surface area contributed by atoms with E-state index in [2.05, 4.69) is 31.9 Å². The van der Waals surface area contributed by atoms with Gasteiger partial charge in [0.25, 0.3) is 5.56 Å². The van der Waals surface area contributed by atoms with Crippen molar-refractivity contribution in [3.05, 3.63) is 49.6 Å². The van der Waals surface area contributed by atoms with Crippen molar-refractivity contribution < 1.29 is 4.74 Å². The van der Waals surface area contributed by atoms with E-state index < -0.39 is 0 Å². The summed E-state index contributed by atoms with van der Waals surface area (Å²) in [4.78, 5) is 11.9. The summed E-state index contributed by atoms with van der Waals surface area (Å²) in [6.07, 6.45) is 0. The van der Waals surface area contributed by atoms with Gasteiger partial charge in [-0.15, -0.1) is 0 Å². The summed E-state index contributed by atoms with van der Waals surface area (Å²) in [5, 5.41) is 0. The number of benzene rings is 1. The summed E-state index contributed by atoms with van der Waals surface area (Å²) in [7, 11) is 3.37. The second-order valence-corrected chi connectivity index (χ2v) is 5.49. The third-order valence-corrected chi connectivity index (χ3v) is 3.97. The minimum atomic E-state index is -0.0600. The van der Waals surface area contributed by atoms with Crippen molar-refractivity contribution in [2.24, 2.45) is 7.05 Å². The van der Waals surface area contributed by atoms with Crippen LogP contribution in [0.5, 0.6) is 5.75 Å². The molecule has 0 unspecified atom stereocenters. The molecule has 1 heterocycles. The van der Waals surface area contributed by atoms with Gasteiger partial charge >= 0.3 is 0 Å². The fraction of sp³-hybridized carbons (Fsp3) is 0.154. The Morgan fingerprint density at radius 1 is 1.11 bits per heavy atom. The molecule has 2 rings (SSSR count). The van der Waals surface area contributed by atoms with E-state index >= 15 is 0 Å². The molecule has 0 fully saturated rings. The summed E-state index contributed by atoms with van der Waals surface area (Å²) >= 11 is 6.72. The highest BCUT2D eigenvalue weighted by Crippen LogP contribution is 2.30. The largest absolute Gasteiger partial charge is 0.497 e. The zero-order valence-electron chi connectivity index (χ0n) is 9.91. The van der Waals surface area contributed by atoms with Crippen molar-refractivity contribution in [3.63, 3.8) is 0 Å². The molecule has 0 aliphatic carbocycles. The zero-order valence-corrected chi connectivity index (χ0v) is 13.1. The minimum Gasteiger partial charge on any atom is -0.497 e. The van der Waals surface area contributed by atoms with Crippen LogP contribution in [0, 0.1) is 0 Å². The summed E-state index contributed by atoms with van der Waals surface area (Å²) in [5.74, 6) is 0.771. The molecule has 2 aromatic rings. The Hall–Kier alpha value is -1.07. The normalized spacial score (nSPS) is 10.4. The van der Waals surface area contributed by atoms with Gasteiger partial charge in [0, 0.05) is 17.1 Å². The second kappa shape index (κ2) is 5.28. The van der Waals surface area contributed by atoms with Gasteiger partial charge in [-0.05, 0) is 62.2 Å². The van der Waals surface area contributed by atoms with E-state index in [1.165, 1.54) is 0 Å². The van der Waals surface area contributed by atoms with E-state index in [0.717, 1.165) is 21.5 Å². The average molecular weight is 373 g/mol. The fourth-order valence-corrected chi connectivity index (χ4v) is 2.66. The number of hydrogen-bond donors (Lipinski definition) is 0. The molecule has 1 aromatic heterocycles. The minimum absolute atomic E-state index is 0.0600. The smallest absolute Gasteiger partial charge is 0.265 e. The lowest BCUT2D eigenvalue weighted by Crippen LogP contribution is -2.18. The van der Waals surface area contributed by atoms with Crippen molar-refractivity contribution in [2.45, 2.75) is 0 Å². The van der Waals surface area contributed by atoms with Crippen molar-refractivity contribution in [1.29, 1.82) is 0 Å². The molecule has 0 saturated carbocycles. The van der Waals surface area contributed by atoms with Gasteiger partial charge in [0.05, 0.1) is 17.3 Å². The molecule has 1 aromatic carbocycles. The van der Waals surface area contributed by atoms with Crippen LogP contribution in [0.25, 0.3) is 11.3 Å². The van der Waals surface area contributed by atoms with E-state index in [1.54, 1.807) is 24.8 Å². The SMILES string of the molecule is COc1ccc(-c2ccc(Br)c(=O)n2C)c(Br)c1. The first kappa shape index (κ1) is 13.4. The van der Waals surface area contributed by atoms with Crippen LogP contribution >= 0.6 is 31.9 Å². The molecule has 94 valence electrons. The standard InChI is InChI=1S/C13H11Br2NO2/c1-16-12(6-5-10(14)13(16)17)9-4-3-8(18-2)7-11(9)15/h3-7H,1-2H3. The molecule has 0 saturated heterocycles.